The van der Waals surface area contributed by atoms with Crippen LogP contribution in [-0.2, 0) is 9.59 Å². The number of hydrogen-bond acceptors (Lipinski definition) is 2. The largest absolute Gasteiger partial charge is 0.480 e. The van der Waals surface area contributed by atoms with E-state index in [1.807, 2.05) is 0 Å². The van der Waals surface area contributed by atoms with E-state index in [1.54, 1.807) is 0 Å². The van der Waals surface area contributed by atoms with E-state index in [2.05, 4.69) is 5.32 Å². The van der Waals surface area contributed by atoms with Gasteiger partial charge in [-0.3, -0.25) is 4.79 Å². The number of rotatable bonds is 3. The Morgan fingerprint density at radius 1 is 1.50 bits per heavy atom. The van der Waals surface area contributed by atoms with E-state index in [1.165, 1.54) is 6.92 Å². The molecule has 0 unspecified atom stereocenters. The zero-order valence-corrected chi connectivity index (χ0v) is 7.04. The van der Waals surface area contributed by atoms with E-state index >= 15 is 0 Å². The third-order valence-corrected chi connectivity index (χ3v) is 2.25. The smallest absolute Gasteiger partial charge is 0.326 e. The third-order valence-electron chi connectivity index (χ3n) is 2.25. The first kappa shape index (κ1) is 9.03. The van der Waals surface area contributed by atoms with Crippen LogP contribution in [0.2, 0.25) is 0 Å². The molecule has 0 aromatic rings. The van der Waals surface area contributed by atoms with Gasteiger partial charge >= 0.3 is 5.97 Å². The Labute approximate surface area is 71.0 Å². The Bertz CT molecular complexity index is 198. The van der Waals surface area contributed by atoms with Crippen molar-refractivity contribution < 1.29 is 14.7 Å². The molecule has 68 valence electrons. The molecule has 1 saturated carbocycles. The van der Waals surface area contributed by atoms with Crippen LogP contribution in [-0.4, -0.2) is 23.0 Å². The molecular weight excluding hydrogens is 158 g/mol. The molecule has 0 bridgehead atoms. The highest BCUT2D eigenvalue weighted by Gasteiger charge is 2.32. The molecule has 0 heterocycles. The van der Waals surface area contributed by atoms with Crippen LogP contribution >= 0.6 is 0 Å². The summed E-state index contributed by atoms with van der Waals surface area (Å²) >= 11 is 0. The molecule has 12 heavy (non-hydrogen) atoms. The Morgan fingerprint density at radius 2 is 2.08 bits per heavy atom. The highest BCUT2D eigenvalue weighted by molar-refractivity contribution is 5.82. The van der Waals surface area contributed by atoms with Crippen LogP contribution in [0.15, 0.2) is 0 Å². The minimum absolute atomic E-state index is 0.145. The second-order valence-electron chi connectivity index (χ2n) is 3.21. The van der Waals surface area contributed by atoms with E-state index in [4.69, 9.17) is 5.11 Å². The van der Waals surface area contributed by atoms with Gasteiger partial charge in [-0.1, -0.05) is 6.42 Å². The summed E-state index contributed by atoms with van der Waals surface area (Å²) in [4.78, 5) is 21.3. The molecule has 1 fully saturated rings. The average Bonchev–Trinajstić information content (AvgIpc) is 1.80. The summed E-state index contributed by atoms with van der Waals surface area (Å²) in [6.45, 7) is 1.34. The summed E-state index contributed by atoms with van der Waals surface area (Å²) in [5.41, 5.74) is 0. The van der Waals surface area contributed by atoms with Crippen molar-refractivity contribution in [1.29, 1.82) is 0 Å². The van der Waals surface area contributed by atoms with Crippen molar-refractivity contribution in [2.24, 2.45) is 5.92 Å². The molecule has 0 radical (unpaired) electrons. The first-order chi connectivity index (χ1) is 5.61. The van der Waals surface area contributed by atoms with Crippen LogP contribution in [0.1, 0.15) is 26.2 Å². The Hall–Kier alpha value is -1.06. The lowest BCUT2D eigenvalue weighted by Gasteiger charge is -2.31. The number of hydrogen-bond donors (Lipinski definition) is 2. The van der Waals surface area contributed by atoms with E-state index in [0.29, 0.717) is 0 Å². The molecule has 1 amide bonds. The molecule has 1 aliphatic carbocycles. The van der Waals surface area contributed by atoms with Crippen molar-refractivity contribution in [3.8, 4) is 0 Å². The van der Waals surface area contributed by atoms with Crippen molar-refractivity contribution in [2.75, 3.05) is 0 Å². The quantitative estimate of drug-likeness (QED) is 0.645. The molecule has 1 rings (SSSR count). The van der Waals surface area contributed by atoms with Crippen molar-refractivity contribution >= 4 is 11.9 Å². The van der Waals surface area contributed by atoms with Crippen molar-refractivity contribution in [1.82, 2.24) is 5.32 Å². The zero-order chi connectivity index (χ0) is 9.14. The predicted octanol–water partition coefficient (Wildman–Crippen LogP) is 0.376. The fourth-order valence-corrected chi connectivity index (χ4v) is 1.37. The lowest BCUT2D eigenvalue weighted by molar-refractivity contribution is -0.144. The zero-order valence-electron chi connectivity index (χ0n) is 7.04. The molecule has 0 aliphatic heterocycles. The number of carboxylic acids is 1. The first-order valence-electron chi connectivity index (χ1n) is 4.11. The van der Waals surface area contributed by atoms with E-state index < -0.39 is 12.0 Å². The van der Waals surface area contributed by atoms with Crippen LogP contribution in [0, 0.1) is 5.92 Å². The predicted molar refractivity (Wildman–Crippen MR) is 42.6 cm³/mol. The van der Waals surface area contributed by atoms with Gasteiger partial charge in [-0.2, -0.15) is 0 Å². The molecule has 4 heteroatoms. The number of carboxylic acid groups (broad SMARTS) is 1. The number of nitrogens with one attached hydrogen (secondary N) is 1. The number of carbonyl (C=O) groups excluding carboxylic acids is 1. The summed E-state index contributed by atoms with van der Waals surface area (Å²) in [6, 6.07) is -0.670. The molecule has 1 atom stereocenters. The third kappa shape index (κ3) is 1.96. The standard InChI is InChI=1S/C8H13NO3/c1-5(10)9-7(8(11)12)6-3-2-4-6/h6-7H,2-4H2,1H3,(H,9,10)(H,11,12)/t7-/m1/s1. The van der Waals surface area contributed by atoms with Gasteiger partial charge in [0.25, 0.3) is 0 Å². The van der Waals surface area contributed by atoms with Gasteiger partial charge in [0, 0.05) is 6.92 Å². The summed E-state index contributed by atoms with van der Waals surface area (Å²) in [5, 5.41) is 11.2. The number of aliphatic carboxylic acids is 1. The second kappa shape index (κ2) is 3.56. The summed E-state index contributed by atoms with van der Waals surface area (Å²) in [7, 11) is 0. The van der Waals surface area contributed by atoms with Gasteiger partial charge in [0.1, 0.15) is 6.04 Å². The number of carbonyl (C=O) groups is 2. The van der Waals surface area contributed by atoms with Gasteiger partial charge in [0.05, 0.1) is 0 Å². The SMILES string of the molecule is CC(=O)N[C@@H](C(=O)O)C1CCC1. The van der Waals surface area contributed by atoms with Gasteiger partial charge in [-0.25, -0.2) is 4.79 Å². The topological polar surface area (TPSA) is 66.4 Å². The van der Waals surface area contributed by atoms with Gasteiger partial charge in [0.15, 0.2) is 0 Å². The summed E-state index contributed by atoms with van der Waals surface area (Å²) < 4.78 is 0. The van der Waals surface area contributed by atoms with Crippen LogP contribution in [0.5, 0.6) is 0 Å². The lowest BCUT2D eigenvalue weighted by atomic mass is 9.79. The second-order valence-corrected chi connectivity index (χ2v) is 3.21. The van der Waals surface area contributed by atoms with E-state index in [0.717, 1.165) is 19.3 Å². The maximum absolute atomic E-state index is 10.7. The van der Waals surface area contributed by atoms with Gasteiger partial charge < -0.3 is 10.4 Å². The van der Waals surface area contributed by atoms with Crippen LogP contribution in [0.3, 0.4) is 0 Å². The van der Waals surface area contributed by atoms with E-state index in [9.17, 15) is 9.59 Å². The van der Waals surface area contributed by atoms with Crippen LogP contribution in [0.4, 0.5) is 0 Å². The molecular formula is C8H13NO3. The maximum Gasteiger partial charge on any atom is 0.326 e. The molecule has 0 spiro atoms. The fourth-order valence-electron chi connectivity index (χ4n) is 1.37. The normalized spacial score (nSPS) is 19.4. The molecule has 0 aromatic heterocycles. The minimum atomic E-state index is -0.921. The molecule has 4 nitrogen and oxygen atoms in total. The molecule has 2 N–H and O–H groups in total. The van der Waals surface area contributed by atoms with Crippen molar-refractivity contribution in [3.63, 3.8) is 0 Å². The minimum Gasteiger partial charge on any atom is -0.480 e. The van der Waals surface area contributed by atoms with Gasteiger partial charge in [-0.15, -0.1) is 0 Å². The summed E-state index contributed by atoms with van der Waals surface area (Å²) in [5.74, 6) is -1.05. The van der Waals surface area contributed by atoms with E-state index in [-0.39, 0.29) is 11.8 Å². The monoisotopic (exact) mass is 171 g/mol. The fraction of sp³-hybridized carbons (Fsp3) is 0.750. The molecule has 0 aromatic carbocycles. The van der Waals surface area contributed by atoms with Gasteiger partial charge in [0.2, 0.25) is 5.91 Å². The molecule has 1 aliphatic rings. The maximum atomic E-state index is 10.7. The average molecular weight is 171 g/mol. The lowest BCUT2D eigenvalue weighted by Crippen LogP contribution is -2.47. The Balaban J connectivity index is 2.48. The van der Waals surface area contributed by atoms with Crippen molar-refractivity contribution in [3.05, 3.63) is 0 Å². The summed E-state index contributed by atoms with van der Waals surface area (Å²) in [6.07, 6.45) is 2.91. The highest BCUT2D eigenvalue weighted by Crippen LogP contribution is 2.29. The highest BCUT2D eigenvalue weighted by atomic mass is 16.4. The molecule has 0 saturated heterocycles. The van der Waals surface area contributed by atoms with Crippen molar-refractivity contribution in [2.45, 2.75) is 32.2 Å². The van der Waals surface area contributed by atoms with Crippen LogP contribution < -0.4 is 5.32 Å². The number of amides is 1. The first-order valence-corrected chi connectivity index (χ1v) is 4.11. The Morgan fingerprint density at radius 3 is 2.33 bits per heavy atom. The Kier molecular flexibility index (Phi) is 2.68. The van der Waals surface area contributed by atoms with Crippen LogP contribution in [0.25, 0.3) is 0 Å². The van der Waals surface area contributed by atoms with Gasteiger partial charge in [-0.05, 0) is 18.8 Å².